The van der Waals surface area contributed by atoms with Gasteiger partial charge in [0.05, 0.1) is 27.8 Å². The number of halogens is 2. The van der Waals surface area contributed by atoms with Crippen LogP contribution in [0.2, 0.25) is 10.0 Å². The van der Waals surface area contributed by atoms with Crippen LogP contribution in [-0.4, -0.2) is 15.7 Å². The van der Waals surface area contributed by atoms with E-state index < -0.39 is 0 Å². The summed E-state index contributed by atoms with van der Waals surface area (Å²) >= 11 is 12.1. The van der Waals surface area contributed by atoms with Gasteiger partial charge >= 0.3 is 0 Å². The molecule has 0 radical (unpaired) electrons. The van der Waals surface area contributed by atoms with Gasteiger partial charge in [0, 0.05) is 18.3 Å². The summed E-state index contributed by atoms with van der Waals surface area (Å²) in [5.74, 6) is -0.167. The average molecular weight is 312 g/mol. The second kappa shape index (κ2) is 5.85. The molecule has 2 aromatic rings. The van der Waals surface area contributed by atoms with E-state index in [0.29, 0.717) is 15.7 Å². The van der Waals surface area contributed by atoms with Crippen LogP contribution < -0.4 is 5.32 Å². The number of carbonyl (C=O) groups excluding carboxylic acids is 1. The molecule has 4 nitrogen and oxygen atoms in total. The smallest absolute Gasteiger partial charge is 0.229 e. The lowest BCUT2D eigenvalue weighted by Gasteiger charge is -2.09. The van der Waals surface area contributed by atoms with Crippen molar-refractivity contribution >= 4 is 34.8 Å². The van der Waals surface area contributed by atoms with Gasteiger partial charge in [-0.1, -0.05) is 29.3 Å². The summed E-state index contributed by atoms with van der Waals surface area (Å²) in [4.78, 5) is 12.1. The Balaban J connectivity index is 2.18. The number of anilines is 1. The molecule has 0 atom stereocenters. The topological polar surface area (TPSA) is 46.9 Å². The maximum absolute atomic E-state index is 12.1. The van der Waals surface area contributed by atoms with Gasteiger partial charge in [0.15, 0.2) is 0 Å². The number of hydrogen-bond donors (Lipinski definition) is 1. The first kappa shape index (κ1) is 14.9. The molecule has 0 aliphatic rings. The van der Waals surface area contributed by atoms with Crippen LogP contribution in [0.25, 0.3) is 0 Å². The Morgan fingerprint density at radius 3 is 2.40 bits per heavy atom. The van der Waals surface area contributed by atoms with Gasteiger partial charge in [-0.25, -0.2) is 0 Å². The molecule has 0 unspecified atom stereocenters. The van der Waals surface area contributed by atoms with E-state index in [4.69, 9.17) is 23.2 Å². The van der Waals surface area contributed by atoms with Crippen LogP contribution >= 0.6 is 23.2 Å². The van der Waals surface area contributed by atoms with Crippen molar-refractivity contribution in [1.29, 1.82) is 0 Å². The number of aromatic nitrogens is 2. The standard InChI is InChI=1S/C14H15Cl2N3O/c1-8-10(9(2)19(3)18-8)7-13(20)17-14-11(15)5-4-6-12(14)16/h4-6H,7H2,1-3H3,(H,17,20). The van der Waals surface area contributed by atoms with Gasteiger partial charge in [-0.3, -0.25) is 9.48 Å². The number of amides is 1. The van der Waals surface area contributed by atoms with E-state index in [-0.39, 0.29) is 12.3 Å². The number of para-hydroxylation sites is 1. The van der Waals surface area contributed by atoms with Crippen LogP contribution in [0.1, 0.15) is 17.0 Å². The van der Waals surface area contributed by atoms with Crippen molar-refractivity contribution in [3.63, 3.8) is 0 Å². The highest BCUT2D eigenvalue weighted by Crippen LogP contribution is 2.30. The van der Waals surface area contributed by atoms with Gasteiger partial charge < -0.3 is 5.32 Å². The summed E-state index contributed by atoms with van der Waals surface area (Å²) in [6.07, 6.45) is 0.243. The zero-order valence-electron chi connectivity index (χ0n) is 11.5. The molecule has 1 amide bonds. The summed E-state index contributed by atoms with van der Waals surface area (Å²) in [7, 11) is 1.86. The highest BCUT2D eigenvalue weighted by Gasteiger charge is 2.15. The Morgan fingerprint density at radius 2 is 1.90 bits per heavy atom. The monoisotopic (exact) mass is 311 g/mol. The molecule has 1 aromatic heterocycles. The van der Waals surface area contributed by atoms with E-state index in [9.17, 15) is 4.79 Å². The average Bonchev–Trinajstić information content (AvgIpc) is 2.61. The molecule has 0 fully saturated rings. The minimum absolute atomic E-state index is 0.167. The maximum Gasteiger partial charge on any atom is 0.229 e. The fourth-order valence-corrected chi connectivity index (χ4v) is 2.53. The highest BCUT2D eigenvalue weighted by atomic mass is 35.5. The Labute approximate surface area is 127 Å². The molecule has 2 rings (SSSR count). The number of carbonyl (C=O) groups is 1. The molecule has 0 saturated heterocycles. The van der Waals surface area contributed by atoms with Crippen molar-refractivity contribution < 1.29 is 4.79 Å². The third-order valence-electron chi connectivity index (χ3n) is 3.22. The SMILES string of the molecule is Cc1nn(C)c(C)c1CC(=O)Nc1c(Cl)cccc1Cl. The molecular weight excluding hydrogens is 297 g/mol. The summed E-state index contributed by atoms with van der Waals surface area (Å²) in [6, 6.07) is 5.10. The molecule has 6 heteroatoms. The predicted octanol–water partition coefficient (Wildman–Crippen LogP) is 3.52. The predicted molar refractivity (Wildman–Crippen MR) is 81.5 cm³/mol. The van der Waals surface area contributed by atoms with Crippen LogP contribution in [0.15, 0.2) is 18.2 Å². The van der Waals surface area contributed by atoms with Crippen LogP contribution in [0.3, 0.4) is 0 Å². The van der Waals surface area contributed by atoms with Crippen molar-refractivity contribution in [3.05, 3.63) is 45.2 Å². The molecule has 1 N–H and O–H groups in total. The second-order valence-corrected chi connectivity index (χ2v) is 5.41. The van der Waals surface area contributed by atoms with Gasteiger partial charge in [-0.2, -0.15) is 5.10 Å². The number of nitrogens with zero attached hydrogens (tertiary/aromatic N) is 2. The lowest BCUT2D eigenvalue weighted by atomic mass is 10.1. The van der Waals surface area contributed by atoms with Crippen molar-refractivity contribution in [2.24, 2.45) is 7.05 Å². The molecule has 0 aliphatic heterocycles. The molecule has 0 spiro atoms. The van der Waals surface area contributed by atoms with E-state index >= 15 is 0 Å². The van der Waals surface area contributed by atoms with Crippen molar-refractivity contribution in [2.45, 2.75) is 20.3 Å². The van der Waals surface area contributed by atoms with Gasteiger partial charge in [0.25, 0.3) is 0 Å². The van der Waals surface area contributed by atoms with Gasteiger partial charge in [0.2, 0.25) is 5.91 Å². The van der Waals surface area contributed by atoms with E-state index in [2.05, 4.69) is 10.4 Å². The third-order valence-corrected chi connectivity index (χ3v) is 3.85. The lowest BCUT2D eigenvalue weighted by Crippen LogP contribution is -2.16. The molecule has 0 aliphatic carbocycles. The first-order valence-corrected chi connectivity index (χ1v) is 6.88. The number of nitrogens with one attached hydrogen (secondary N) is 1. The van der Waals surface area contributed by atoms with Crippen LogP contribution in [0.4, 0.5) is 5.69 Å². The molecule has 106 valence electrons. The number of aryl methyl sites for hydroxylation is 2. The van der Waals surface area contributed by atoms with Gasteiger partial charge in [0.1, 0.15) is 0 Å². The molecule has 0 saturated carbocycles. The first-order valence-electron chi connectivity index (χ1n) is 6.13. The second-order valence-electron chi connectivity index (χ2n) is 4.59. The van der Waals surface area contributed by atoms with Gasteiger partial charge in [-0.05, 0) is 26.0 Å². The van der Waals surface area contributed by atoms with E-state index in [1.54, 1.807) is 22.9 Å². The zero-order chi connectivity index (χ0) is 14.9. The zero-order valence-corrected chi connectivity index (χ0v) is 13.0. The summed E-state index contributed by atoms with van der Waals surface area (Å²) in [5, 5.41) is 7.88. The molecular formula is C14H15Cl2N3O. The summed E-state index contributed by atoms with van der Waals surface area (Å²) in [6.45, 7) is 3.82. The molecule has 1 aromatic carbocycles. The van der Waals surface area contributed by atoms with Crippen LogP contribution in [0.5, 0.6) is 0 Å². The number of rotatable bonds is 3. The highest BCUT2D eigenvalue weighted by molar-refractivity contribution is 6.39. The first-order chi connectivity index (χ1) is 9.40. The Kier molecular flexibility index (Phi) is 4.35. The molecule has 0 bridgehead atoms. The Bertz CT molecular complexity index is 644. The van der Waals surface area contributed by atoms with E-state index in [1.807, 2.05) is 20.9 Å². The van der Waals surface area contributed by atoms with Crippen LogP contribution in [-0.2, 0) is 18.3 Å². The quantitative estimate of drug-likeness (QED) is 0.942. The Morgan fingerprint density at radius 1 is 1.30 bits per heavy atom. The van der Waals surface area contributed by atoms with Gasteiger partial charge in [-0.15, -0.1) is 0 Å². The van der Waals surface area contributed by atoms with E-state index in [0.717, 1.165) is 17.0 Å². The summed E-state index contributed by atoms with van der Waals surface area (Å²) in [5.41, 5.74) is 3.20. The normalized spacial score (nSPS) is 10.7. The summed E-state index contributed by atoms with van der Waals surface area (Å²) < 4.78 is 1.76. The Hall–Kier alpha value is -1.52. The van der Waals surface area contributed by atoms with Crippen molar-refractivity contribution in [3.8, 4) is 0 Å². The number of benzene rings is 1. The maximum atomic E-state index is 12.1. The van der Waals surface area contributed by atoms with Crippen LogP contribution in [0, 0.1) is 13.8 Å². The fourth-order valence-electron chi connectivity index (χ4n) is 2.03. The third kappa shape index (κ3) is 2.97. The van der Waals surface area contributed by atoms with E-state index in [1.165, 1.54) is 0 Å². The van der Waals surface area contributed by atoms with Crippen molar-refractivity contribution in [2.75, 3.05) is 5.32 Å². The number of hydrogen-bond acceptors (Lipinski definition) is 2. The lowest BCUT2D eigenvalue weighted by molar-refractivity contribution is -0.115. The molecule has 1 heterocycles. The largest absolute Gasteiger partial charge is 0.323 e. The van der Waals surface area contributed by atoms with Crippen molar-refractivity contribution in [1.82, 2.24) is 9.78 Å². The minimum atomic E-state index is -0.167. The minimum Gasteiger partial charge on any atom is -0.323 e. The molecule has 20 heavy (non-hydrogen) atoms. The fraction of sp³-hybridized carbons (Fsp3) is 0.286.